The Balaban J connectivity index is 1.71. The van der Waals surface area contributed by atoms with Crippen LogP contribution in [0.2, 0.25) is 0 Å². The highest BCUT2D eigenvalue weighted by Gasteiger charge is 2.19. The van der Waals surface area contributed by atoms with Crippen molar-refractivity contribution in [3.63, 3.8) is 0 Å². The predicted molar refractivity (Wildman–Crippen MR) is 89.4 cm³/mol. The van der Waals surface area contributed by atoms with Crippen LogP contribution in [-0.4, -0.2) is 12.6 Å². The first-order chi connectivity index (χ1) is 10.3. The topological polar surface area (TPSA) is 26.3 Å². The third kappa shape index (κ3) is 12.9. The summed E-state index contributed by atoms with van der Waals surface area (Å²) in [6.07, 6.45) is 18.8. The van der Waals surface area contributed by atoms with Crippen LogP contribution in [0.4, 0.5) is 0 Å². The van der Waals surface area contributed by atoms with Crippen molar-refractivity contribution in [2.75, 3.05) is 6.61 Å². The minimum atomic E-state index is 0.0132. The molecule has 124 valence electrons. The zero-order chi connectivity index (χ0) is 15.2. The van der Waals surface area contributed by atoms with Gasteiger partial charge in [0.1, 0.15) is 0 Å². The van der Waals surface area contributed by atoms with E-state index in [1.165, 1.54) is 77.0 Å². The molecule has 0 N–H and O–H groups in total. The van der Waals surface area contributed by atoms with E-state index in [1.807, 2.05) is 0 Å². The smallest absolute Gasteiger partial charge is 0.305 e. The number of rotatable bonds is 15. The van der Waals surface area contributed by atoms with Gasteiger partial charge in [-0.2, -0.15) is 0 Å². The molecule has 0 aromatic carbocycles. The fourth-order valence-corrected chi connectivity index (χ4v) is 2.78. The van der Waals surface area contributed by atoms with Crippen LogP contribution in [-0.2, 0) is 9.53 Å². The molecule has 0 radical (unpaired) electrons. The summed E-state index contributed by atoms with van der Waals surface area (Å²) in [4.78, 5) is 11.5. The molecule has 1 aliphatic rings. The molecule has 1 rings (SSSR count). The molecule has 1 saturated carbocycles. The minimum absolute atomic E-state index is 0.0132. The lowest BCUT2D eigenvalue weighted by Crippen LogP contribution is -2.05. The van der Waals surface area contributed by atoms with Crippen molar-refractivity contribution in [2.45, 2.75) is 103 Å². The molecule has 1 aliphatic carbocycles. The zero-order valence-corrected chi connectivity index (χ0v) is 14.2. The monoisotopic (exact) mass is 296 g/mol. The summed E-state index contributed by atoms with van der Waals surface area (Å²) in [5, 5.41) is 0. The van der Waals surface area contributed by atoms with Crippen molar-refractivity contribution in [1.29, 1.82) is 0 Å². The molecule has 0 aliphatic heterocycles. The number of hydrogen-bond donors (Lipinski definition) is 0. The molecule has 0 amide bonds. The Labute approximate surface area is 132 Å². The fourth-order valence-electron chi connectivity index (χ4n) is 2.78. The van der Waals surface area contributed by atoms with Crippen LogP contribution >= 0.6 is 0 Å². The van der Waals surface area contributed by atoms with Crippen LogP contribution in [0.25, 0.3) is 0 Å². The SMILES string of the molecule is CCCCCCCOC(=O)CCCCCCCCC1CC1. The van der Waals surface area contributed by atoms with Gasteiger partial charge in [0.2, 0.25) is 0 Å². The summed E-state index contributed by atoms with van der Waals surface area (Å²) < 4.78 is 5.26. The summed E-state index contributed by atoms with van der Waals surface area (Å²) in [6, 6.07) is 0. The Kier molecular flexibility index (Phi) is 11.6. The Morgan fingerprint density at radius 3 is 2.19 bits per heavy atom. The second-order valence-electron chi connectivity index (χ2n) is 6.74. The van der Waals surface area contributed by atoms with E-state index in [2.05, 4.69) is 6.92 Å². The summed E-state index contributed by atoms with van der Waals surface area (Å²) >= 11 is 0. The Hall–Kier alpha value is -0.530. The van der Waals surface area contributed by atoms with Crippen LogP contribution in [0.1, 0.15) is 103 Å². The van der Waals surface area contributed by atoms with Crippen LogP contribution in [0.3, 0.4) is 0 Å². The summed E-state index contributed by atoms with van der Waals surface area (Å²) in [5.74, 6) is 1.10. The fraction of sp³-hybridized carbons (Fsp3) is 0.947. The van der Waals surface area contributed by atoms with Crippen molar-refractivity contribution >= 4 is 5.97 Å². The number of hydrogen-bond acceptors (Lipinski definition) is 2. The number of carbonyl (C=O) groups is 1. The van der Waals surface area contributed by atoms with E-state index in [-0.39, 0.29) is 5.97 Å². The number of esters is 1. The maximum Gasteiger partial charge on any atom is 0.305 e. The molecule has 1 fully saturated rings. The second-order valence-corrected chi connectivity index (χ2v) is 6.74. The van der Waals surface area contributed by atoms with Crippen molar-refractivity contribution in [2.24, 2.45) is 5.92 Å². The second kappa shape index (κ2) is 13.2. The van der Waals surface area contributed by atoms with E-state index < -0.39 is 0 Å². The zero-order valence-electron chi connectivity index (χ0n) is 14.2. The molecule has 0 spiro atoms. The molecule has 0 heterocycles. The van der Waals surface area contributed by atoms with E-state index >= 15 is 0 Å². The Bertz CT molecular complexity index is 246. The first-order valence-corrected chi connectivity index (χ1v) is 9.48. The van der Waals surface area contributed by atoms with E-state index in [0.717, 1.165) is 18.8 Å². The maximum atomic E-state index is 11.5. The van der Waals surface area contributed by atoms with Crippen LogP contribution in [0, 0.1) is 5.92 Å². The number of ether oxygens (including phenoxy) is 1. The van der Waals surface area contributed by atoms with E-state index in [9.17, 15) is 4.79 Å². The first-order valence-electron chi connectivity index (χ1n) is 9.48. The van der Waals surface area contributed by atoms with Gasteiger partial charge >= 0.3 is 5.97 Å². The van der Waals surface area contributed by atoms with Crippen molar-refractivity contribution in [3.8, 4) is 0 Å². The van der Waals surface area contributed by atoms with Crippen molar-refractivity contribution in [1.82, 2.24) is 0 Å². The third-order valence-electron chi connectivity index (χ3n) is 4.45. The highest BCUT2D eigenvalue weighted by Crippen LogP contribution is 2.34. The number of carbonyl (C=O) groups excluding carboxylic acids is 1. The molecule has 0 saturated heterocycles. The van der Waals surface area contributed by atoms with Crippen LogP contribution in [0.5, 0.6) is 0 Å². The lowest BCUT2D eigenvalue weighted by atomic mass is 10.1. The van der Waals surface area contributed by atoms with Crippen molar-refractivity contribution < 1.29 is 9.53 Å². The molecule has 0 aromatic heterocycles. The summed E-state index contributed by atoms with van der Waals surface area (Å²) in [5.41, 5.74) is 0. The van der Waals surface area contributed by atoms with E-state index in [4.69, 9.17) is 4.74 Å². The van der Waals surface area contributed by atoms with Gasteiger partial charge in [-0.15, -0.1) is 0 Å². The largest absolute Gasteiger partial charge is 0.466 e. The van der Waals surface area contributed by atoms with Crippen molar-refractivity contribution in [3.05, 3.63) is 0 Å². The van der Waals surface area contributed by atoms with Gasteiger partial charge in [-0.1, -0.05) is 84.0 Å². The van der Waals surface area contributed by atoms with Gasteiger partial charge in [-0.3, -0.25) is 4.79 Å². The highest BCUT2D eigenvalue weighted by molar-refractivity contribution is 5.69. The Morgan fingerprint density at radius 1 is 0.857 bits per heavy atom. The molecule has 2 nitrogen and oxygen atoms in total. The summed E-state index contributed by atoms with van der Waals surface area (Å²) in [7, 11) is 0. The average molecular weight is 296 g/mol. The van der Waals surface area contributed by atoms with Gasteiger partial charge in [0.05, 0.1) is 6.61 Å². The van der Waals surface area contributed by atoms with E-state index in [1.54, 1.807) is 0 Å². The third-order valence-corrected chi connectivity index (χ3v) is 4.45. The maximum absolute atomic E-state index is 11.5. The van der Waals surface area contributed by atoms with Gasteiger partial charge in [-0.05, 0) is 18.8 Å². The van der Waals surface area contributed by atoms with Gasteiger partial charge in [0.25, 0.3) is 0 Å². The van der Waals surface area contributed by atoms with Crippen LogP contribution < -0.4 is 0 Å². The Morgan fingerprint density at radius 2 is 1.48 bits per heavy atom. The predicted octanol–water partition coefficient (Wildman–Crippen LogP) is 6.03. The highest BCUT2D eigenvalue weighted by atomic mass is 16.5. The minimum Gasteiger partial charge on any atom is -0.466 e. The standard InChI is InChI=1S/C19H36O2/c1-2-3-4-9-12-17-21-19(20)14-11-8-6-5-7-10-13-18-15-16-18/h18H,2-17H2,1H3. The average Bonchev–Trinajstić information content (AvgIpc) is 3.29. The molecule has 2 heteroatoms. The normalized spacial score (nSPS) is 14.3. The number of unbranched alkanes of at least 4 members (excludes halogenated alkanes) is 9. The lowest BCUT2D eigenvalue weighted by Gasteiger charge is -2.05. The molecular formula is C19H36O2. The molecule has 0 aromatic rings. The first kappa shape index (κ1) is 18.5. The lowest BCUT2D eigenvalue weighted by molar-refractivity contribution is -0.143. The van der Waals surface area contributed by atoms with E-state index in [0.29, 0.717) is 13.0 Å². The van der Waals surface area contributed by atoms with Gasteiger partial charge in [-0.25, -0.2) is 0 Å². The van der Waals surface area contributed by atoms with Crippen LogP contribution in [0.15, 0.2) is 0 Å². The van der Waals surface area contributed by atoms with Gasteiger partial charge in [0.15, 0.2) is 0 Å². The molecule has 21 heavy (non-hydrogen) atoms. The molecular weight excluding hydrogens is 260 g/mol. The summed E-state index contributed by atoms with van der Waals surface area (Å²) in [6.45, 7) is 2.84. The van der Waals surface area contributed by atoms with Gasteiger partial charge in [0, 0.05) is 6.42 Å². The molecule has 0 atom stereocenters. The quantitative estimate of drug-likeness (QED) is 0.272. The molecule has 0 unspecified atom stereocenters. The van der Waals surface area contributed by atoms with Gasteiger partial charge < -0.3 is 4.74 Å². The molecule has 0 bridgehead atoms.